The van der Waals surface area contributed by atoms with Gasteiger partial charge in [-0.25, -0.2) is 4.39 Å². The van der Waals surface area contributed by atoms with Gasteiger partial charge >= 0.3 is 0 Å². The summed E-state index contributed by atoms with van der Waals surface area (Å²) in [6.45, 7) is 2.72. The lowest BCUT2D eigenvalue weighted by Gasteiger charge is -2.12. The van der Waals surface area contributed by atoms with E-state index in [9.17, 15) is 4.39 Å². The number of hydrogen-bond acceptors (Lipinski definition) is 2. The molecule has 0 amide bonds. The normalized spacial score (nSPS) is 12.3. The Morgan fingerprint density at radius 2 is 1.76 bits per heavy atom. The van der Waals surface area contributed by atoms with Crippen LogP contribution >= 0.6 is 0 Å². The summed E-state index contributed by atoms with van der Waals surface area (Å²) in [6.07, 6.45) is 8.12. The first-order valence-electron chi connectivity index (χ1n) is 10.0. The van der Waals surface area contributed by atoms with Crippen LogP contribution in [0.4, 0.5) is 4.39 Å². The standard InChI is InChI=1S/C26H24FNO/c1-2-3-4-5-13-24(22-11-6-8-12-23(22)27)28-18-19-15-16-21-20-10-7-9-14-25(20)29-26(21)17-19/h4-17,28H,2-3,18H2,1H3/b5-4-,24-13-. The van der Waals surface area contributed by atoms with Crippen LogP contribution in [0.25, 0.3) is 27.6 Å². The molecule has 0 saturated heterocycles. The van der Waals surface area contributed by atoms with Crippen LogP contribution in [-0.2, 0) is 6.54 Å². The minimum absolute atomic E-state index is 0.233. The molecule has 1 heterocycles. The Bertz CT molecular complexity index is 1190. The fourth-order valence-electron chi connectivity index (χ4n) is 3.43. The van der Waals surface area contributed by atoms with Gasteiger partial charge < -0.3 is 9.73 Å². The van der Waals surface area contributed by atoms with Crippen LogP contribution < -0.4 is 5.32 Å². The molecule has 0 unspecified atom stereocenters. The zero-order valence-electron chi connectivity index (χ0n) is 16.5. The Kier molecular flexibility index (Phi) is 5.76. The molecule has 0 bridgehead atoms. The number of benzene rings is 3. The number of halogens is 1. The van der Waals surface area contributed by atoms with Crippen LogP contribution in [0.2, 0.25) is 0 Å². The van der Waals surface area contributed by atoms with E-state index < -0.39 is 0 Å². The topological polar surface area (TPSA) is 25.2 Å². The molecule has 1 N–H and O–H groups in total. The molecule has 0 fully saturated rings. The summed E-state index contributed by atoms with van der Waals surface area (Å²) in [5.74, 6) is -0.233. The summed E-state index contributed by atoms with van der Waals surface area (Å²) in [5, 5.41) is 5.63. The van der Waals surface area contributed by atoms with Gasteiger partial charge in [0, 0.05) is 28.6 Å². The molecular weight excluding hydrogens is 361 g/mol. The number of fused-ring (bicyclic) bond motifs is 3. The zero-order valence-corrected chi connectivity index (χ0v) is 16.5. The van der Waals surface area contributed by atoms with E-state index in [1.54, 1.807) is 12.1 Å². The highest BCUT2D eigenvalue weighted by Gasteiger charge is 2.09. The average molecular weight is 385 g/mol. The molecule has 4 aromatic rings. The summed E-state index contributed by atoms with van der Waals surface area (Å²) in [5.41, 5.74) is 4.17. The Morgan fingerprint density at radius 3 is 2.62 bits per heavy atom. The molecule has 146 valence electrons. The number of nitrogens with one attached hydrogen (secondary N) is 1. The van der Waals surface area contributed by atoms with Crippen molar-refractivity contribution in [1.29, 1.82) is 0 Å². The molecule has 0 saturated carbocycles. The van der Waals surface area contributed by atoms with E-state index in [1.807, 2.05) is 42.5 Å². The van der Waals surface area contributed by atoms with Gasteiger partial charge in [0.1, 0.15) is 17.0 Å². The minimum Gasteiger partial charge on any atom is -0.456 e. The SMILES string of the molecule is CCC/C=C\C=C(/NCc1ccc2c(c1)oc1ccccc12)c1ccccc1F. The lowest BCUT2D eigenvalue weighted by atomic mass is 10.1. The first-order valence-corrected chi connectivity index (χ1v) is 10.0. The van der Waals surface area contributed by atoms with Crippen molar-refractivity contribution in [2.75, 3.05) is 0 Å². The van der Waals surface area contributed by atoms with E-state index in [2.05, 4.69) is 36.5 Å². The number of rotatable bonds is 7. The third-order valence-electron chi connectivity index (χ3n) is 4.94. The Labute approximate surface area is 170 Å². The van der Waals surface area contributed by atoms with Crippen LogP contribution in [-0.4, -0.2) is 0 Å². The van der Waals surface area contributed by atoms with E-state index in [0.717, 1.165) is 46.0 Å². The van der Waals surface area contributed by atoms with Gasteiger partial charge in [0.05, 0.1) is 0 Å². The van der Waals surface area contributed by atoms with Gasteiger partial charge in [0.2, 0.25) is 0 Å². The van der Waals surface area contributed by atoms with Crippen molar-refractivity contribution in [3.63, 3.8) is 0 Å². The number of para-hydroxylation sites is 1. The van der Waals surface area contributed by atoms with E-state index in [0.29, 0.717) is 12.1 Å². The zero-order chi connectivity index (χ0) is 20.1. The maximum atomic E-state index is 14.3. The Balaban J connectivity index is 1.59. The fourth-order valence-corrected chi connectivity index (χ4v) is 3.43. The van der Waals surface area contributed by atoms with Gasteiger partial charge in [-0.1, -0.05) is 68.0 Å². The van der Waals surface area contributed by atoms with Gasteiger partial charge in [-0.2, -0.15) is 0 Å². The van der Waals surface area contributed by atoms with E-state index in [4.69, 9.17) is 4.42 Å². The molecule has 0 atom stereocenters. The second kappa shape index (κ2) is 8.78. The largest absolute Gasteiger partial charge is 0.456 e. The molecule has 0 aliphatic rings. The molecule has 0 aliphatic carbocycles. The third kappa shape index (κ3) is 4.24. The Morgan fingerprint density at radius 1 is 0.966 bits per heavy atom. The average Bonchev–Trinajstić information content (AvgIpc) is 3.12. The smallest absolute Gasteiger partial charge is 0.135 e. The second-order valence-electron chi connectivity index (χ2n) is 7.06. The fraction of sp³-hybridized carbons (Fsp3) is 0.154. The van der Waals surface area contributed by atoms with E-state index in [-0.39, 0.29) is 5.82 Å². The molecule has 4 rings (SSSR count). The number of unbranched alkanes of at least 4 members (excludes halogenated alkanes) is 1. The lowest BCUT2D eigenvalue weighted by molar-refractivity contribution is 0.621. The first kappa shape index (κ1) is 19.0. The molecule has 0 radical (unpaired) electrons. The van der Waals surface area contributed by atoms with Gasteiger partial charge in [0.25, 0.3) is 0 Å². The molecule has 2 nitrogen and oxygen atoms in total. The summed E-state index contributed by atoms with van der Waals surface area (Å²) in [7, 11) is 0. The van der Waals surface area contributed by atoms with Crippen molar-refractivity contribution in [3.05, 3.63) is 102 Å². The first-order chi connectivity index (χ1) is 14.3. The molecule has 1 aromatic heterocycles. The highest BCUT2D eigenvalue weighted by Crippen LogP contribution is 2.29. The van der Waals surface area contributed by atoms with Gasteiger partial charge in [-0.3, -0.25) is 0 Å². The molecule has 0 spiro atoms. The number of hydrogen-bond donors (Lipinski definition) is 1. The van der Waals surface area contributed by atoms with Gasteiger partial charge in [-0.15, -0.1) is 0 Å². The third-order valence-corrected chi connectivity index (χ3v) is 4.94. The minimum atomic E-state index is -0.233. The highest BCUT2D eigenvalue weighted by atomic mass is 19.1. The number of allylic oxidation sites excluding steroid dienone is 3. The molecule has 3 aromatic carbocycles. The summed E-state index contributed by atoms with van der Waals surface area (Å²) in [6, 6.07) is 21.1. The van der Waals surface area contributed by atoms with Gasteiger partial charge in [0.15, 0.2) is 0 Å². The quantitative estimate of drug-likeness (QED) is 0.340. The summed E-state index contributed by atoms with van der Waals surface area (Å²) in [4.78, 5) is 0. The van der Waals surface area contributed by atoms with Crippen molar-refractivity contribution in [2.24, 2.45) is 0 Å². The summed E-state index contributed by atoms with van der Waals surface area (Å²) >= 11 is 0. The molecule has 0 aliphatic heterocycles. The molecular formula is C26H24FNO. The maximum absolute atomic E-state index is 14.3. The predicted octanol–water partition coefficient (Wildman–Crippen LogP) is 7.21. The van der Waals surface area contributed by atoms with Crippen LogP contribution in [0, 0.1) is 5.82 Å². The van der Waals surface area contributed by atoms with Crippen LogP contribution in [0.5, 0.6) is 0 Å². The van der Waals surface area contributed by atoms with Crippen LogP contribution in [0.3, 0.4) is 0 Å². The van der Waals surface area contributed by atoms with Gasteiger partial charge in [-0.05, 0) is 42.3 Å². The molecule has 29 heavy (non-hydrogen) atoms. The monoisotopic (exact) mass is 385 g/mol. The van der Waals surface area contributed by atoms with Crippen molar-refractivity contribution in [1.82, 2.24) is 5.32 Å². The second-order valence-corrected chi connectivity index (χ2v) is 7.06. The van der Waals surface area contributed by atoms with Crippen molar-refractivity contribution < 1.29 is 8.81 Å². The predicted molar refractivity (Wildman–Crippen MR) is 119 cm³/mol. The molecule has 3 heteroatoms. The van der Waals surface area contributed by atoms with E-state index >= 15 is 0 Å². The van der Waals surface area contributed by atoms with Crippen LogP contribution in [0.1, 0.15) is 30.9 Å². The number of furan rings is 1. The summed E-state index contributed by atoms with van der Waals surface area (Å²) < 4.78 is 20.3. The van der Waals surface area contributed by atoms with Crippen molar-refractivity contribution >= 4 is 27.6 Å². The van der Waals surface area contributed by atoms with Crippen molar-refractivity contribution in [2.45, 2.75) is 26.3 Å². The lowest BCUT2D eigenvalue weighted by Crippen LogP contribution is -2.12. The maximum Gasteiger partial charge on any atom is 0.135 e. The van der Waals surface area contributed by atoms with Crippen LogP contribution in [0.15, 0.2) is 89.4 Å². The Hall–Kier alpha value is -3.33. The van der Waals surface area contributed by atoms with E-state index in [1.165, 1.54) is 6.07 Å². The van der Waals surface area contributed by atoms with Crippen molar-refractivity contribution in [3.8, 4) is 0 Å². The highest BCUT2D eigenvalue weighted by molar-refractivity contribution is 6.04.